The summed E-state index contributed by atoms with van der Waals surface area (Å²) in [5.41, 5.74) is 1.20. The van der Waals surface area contributed by atoms with Crippen molar-refractivity contribution in [3.8, 4) is 0 Å². The predicted octanol–water partition coefficient (Wildman–Crippen LogP) is 4.10. The van der Waals surface area contributed by atoms with Crippen molar-refractivity contribution in [3.63, 3.8) is 0 Å². The fourth-order valence-electron chi connectivity index (χ4n) is 3.19. The summed E-state index contributed by atoms with van der Waals surface area (Å²) >= 11 is 0. The zero-order chi connectivity index (χ0) is 17.7. The van der Waals surface area contributed by atoms with Crippen LogP contribution >= 0.6 is 0 Å². The first-order valence-electron chi connectivity index (χ1n) is 7.43. The maximum atomic E-state index is 13.9. The van der Waals surface area contributed by atoms with Crippen LogP contribution in [0, 0.1) is 5.82 Å². The molecule has 0 bridgehead atoms. The molecule has 1 aliphatic rings. The lowest BCUT2D eigenvalue weighted by atomic mass is 9.94. The van der Waals surface area contributed by atoms with Crippen molar-refractivity contribution in [3.05, 3.63) is 47.8 Å². The Balaban J connectivity index is 2.22. The van der Waals surface area contributed by atoms with Gasteiger partial charge in [0.25, 0.3) is 0 Å². The minimum atomic E-state index is -4.64. The van der Waals surface area contributed by atoms with Crippen LogP contribution < -0.4 is 5.43 Å². The summed E-state index contributed by atoms with van der Waals surface area (Å²) in [5, 5.41) is 1.61. The Labute approximate surface area is 136 Å². The zero-order valence-electron chi connectivity index (χ0n) is 13.1. The van der Waals surface area contributed by atoms with E-state index in [-0.39, 0.29) is 17.4 Å². The molecule has 2 aromatic rings. The van der Waals surface area contributed by atoms with E-state index in [1.807, 2.05) is 0 Å². The second kappa shape index (κ2) is 5.44. The molecule has 128 valence electrons. The number of hydrogen-bond acceptors (Lipinski definition) is 2. The van der Waals surface area contributed by atoms with E-state index < -0.39 is 29.5 Å². The van der Waals surface area contributed by atoms with Gasteiger partial charge in [0.15, 0.2) is 6.04 Å². The summed E-state index contributed by atoms with van der Waals surface area (Å²) in [6, 6.07) is 6.11. The Morgan fingerprint density at radius 3 is 2.50 bits per heavy atom. The molecular weight excluding hydrogens is 324 g/mol. The number of halogens is 4. The van der Waals surface area contributed by atoms with Gasteiger partial charge in [-0.05, 0) is 42.3 Å². The number of carbonyl (C=O) groups excluding carboxylic acids is 1. The van der Waals surface area contributed by atoms with Gasteiger partial charge in [-0.1, -0.05) is 24.3 Å². The smallest absolute Gasteiger partial charge is 0.287 e. The first-order chi connectivity index (χ1) is 11.1. The summed E-state index contributed by atoms with van der Waals surface area (Å²) in [6.07, 6.45) is -4.69. The number of hydrogen-bond donors (Lipinski definition) is 1. The third-order valence-electron chi connectivity index (χ3n) is 4.23. The Kier molecular flexibility index (Phi) is 3.79. The van der Waals surface area contributed by atoms with Crippen molar-refractivity contribution in [2.75, 3.05) is 0 Å². The number of nitrogens with zero attached hydrogens (tertiary/aromatic N) is 1. The molecule has 24 heavy (non-hydrogen) atoms. The van der Waals surface area contributed by atoms with Crippen molar-refractivity contribution in [1.29, 1.82) is 0 Å². The minimum Gasteiger partial charge on any atom is -0.287 e. The van der Waals surface area contributed by atoms with Crippen molar-refractivity contribution in [1.82, 2.24) is 10.4 Å². The molecule has 2 aromatic carbocycles. The molecule has 0 spiro atoms. The van der Waals surface area contributed by atoms with Crippen molar-refractivity contribution in [2.24, 2.45) is 0 Å². The quantitative estimate of drug-likeness (QED) is 0.835. The van der Waals surface area contributed by atoms with Crippen LogP contribution in [0.5, 0.6) is 0 Å². The molecule has 3 nitrogen and oxygen atoms in total. The maximum absolute atomic E-state index is 13.9. The topological polar surface area (TPSA) is 32.3 Å². The Morgan fingerprint density at radius 2 is 1.92 bits per heavy atom. The highest BCUT2D eigenvalue weighted by atomic mass is 19.4. The summed E-state index contributed by atoms with van der Waals surface area (Å²) < 4.78 is 55.2. The molecule has 1 N–H and O–H groups in total. The number of fused-ring (bicyclic) bond motifs is 1. The monoisotopic (exact) mass is 340 g/mol. The van der Waals surface area contributed by atoms with E-state index in [1.54, 1.807) is 19.9 Å². The molecule has 1 atom stereocenters. The second-order valence-corrected chi connectivity index (χ2v) is 6.55. The van der Waals surface area contributed by atoms with E-state index in [9.17, 15) is 22.4 Å². The van der Waals surface area contributed by atoms with E-state index in [1.165, 1.54) is 24.3 Å². The molecule has 0 radical (unpaired) electrons. The summed E-state index contributed by atoms with van der Waals surface area (Å²) in [4.78, 5) is 11.7. The van der Waals surface area contributed by atoms with Gasteiger partial charge >= 0.3 is 6.18 Å². The van der Waals surface area contributed by atoms with E-state index in [4.69, 9.17) is 0 Å². The number of benzene rings is 2. The van der Waals surface area contributed by atoms with E-state index in [2.05, 4.69) is 5.43 Å². The molecule has 7 heteroatoms. The van der Waals surface area contributed by atoms with Crippen molar-refractivity contribution in [2.45, 2.75) is 38.0 Å². The summed E-state index contributed by atoms with van der Waals surface area (Å²) in [7, 11) is 0. The molecule has 0 aromatic heterocycles. The zero-order valence-corrected chi connectivity index (χ0v) is 13.1. The standard InChI is InChI=1S/C17H16F4N2O/c1-16(2)9-14(24)22-23(16)15(17(19,20)21)12-5-3-4-10-6-7-11(18)8-13(10)12/h3-8,15H,9H2,1-2H3,(H,22,24). The molecule has 1 aliphatic heterocycles. The van der Waals surface area contributed by atoms with Crippen LogP contribution in [-0.2, 0) is 4.79 Å². The number of carbonyl (C=O) groups is 1. The second-order valence-electron chi connectivity index (χ2n) is 6.55. The molecule has 1 fully saturated rings. The summed E-state index contributed by atoms with van der Waals surface area (Å²) in [5.74, 6) is -1.08. The highest BCUT2D eigenvalue weighted by Gasteiger charge is 2.53. The highest BCUT2D eigenvalue weighted by Crippen LogP contribution is 2.44. The average molecular weight is 340 g/mol. The van der Waals surface area contributed by atoms with Crippen LogP contribution in [0.3, 0.4) is 0 Å². The van der Waals surface area contributed by atoms with Gasteiger partial charge in [0, 0.05) is 12.0 Å². The minimum absolute atomic E-state index is 0.0429. The van der Waals surface area contributed by atoms with Gasteiger partial charge in [0.2, 0.25) is 5.91 Å². The van der Waals surface area contributed by atoms with Crippen LogP contribution in [0.4, 0.5) is 17.6 Å². The van der Waals surface area contributed by atoms with Crippen LogP contribution in [-0.4, -0.2) is 22.6 Å². The first-order valence-corrected chi connectivity index (χ1v) is 7.43. The molecule has 1 heterocycles. The lowest BCUT2D eigenvalue weighted by Gasteiger charge is -2.38. The third kappa shape index (κ3) is 2.84. The van der Waals surface area contributed by atoms with Gasteiger partial charge in [0.05, 0.1) is 0 Å². The third-order valence-corrected chi connectivity index (χ3v) is 4.23. The van der Waals surface area contributed by atoms with E-state index >= 15 is 0 Å². The van der Waals surface area contributed by atoms with Crippen LogP contribution in [0.15, 0.2) is 36.4 Å². The normalized spacial score (nSPS) is 19.5. The fraction of sp³-hybridized carbons (Fsp3) is 0.353. The number of alkyl halides is 3. The molecule has 3 rings (SSSR count). The first kappa shape index (κ1) is 16.7. The summed E-state index contributed by atoms with van der Waals surface area (Å²) in [6.45, 7) is 3.13. The molecular formula is C17H16F4N2O. The van der Waals surface area contributed by atoms with Crippen molar-refractivity contribution >= 4 is 16.7 Å². The number of hydrazine groups is 1. The van der Waals surface area contributed by atoms with E-state index in [0.717, 1.165) is 11.1 Å². The molecule has 1 amide bonds. The molecule has 1 unspecified atom stereocenters. The largest absolute Gasteiger partial charge is 0.409 e. The Morgan fingerprint density at radius 1 is 1.21 bits per heavy atom. The predicted molar refractivity (Wildman–Crippen MR) is 81.4 cm³/mol. The van der Waals surface area contributed by atoms with Gasteiger partial charge in [0.1, 0.15) is 5.82 Å². The van der Waals surface area contributed by atoms with Crippen LogP contribution in [0.2, 0.25) is 0 Å². The maximum Gasteiger partial charge on any atom is 0.409 e. The number of amides is 1. The fourth-order valence-corrected chi connectivity index (χ4v) is 3.19. The molecule has 0 aliphatic carbocycles. The van der Waals surface area contributed by atoms with Crippen LogP contribution in [0.25, 0.3) is 10.8 Å². The van der Waals surface area contributed by atoms with E-state index in [0.29, 0.717) is 5.39 Å². The average Bonchev–Trinajstić information content (AvgIpc) is 2.71. The Bertz CT molecular complexity index is 801. The SMILES string of the molecule is CC1(C)CC(=O)NN1C(c1cccc2ccc(F)cc12)C(F)(F)F. The van der Waals surface area contributed by atoms with Gasteiger partial charge in [-0.2, -0.15) is 18.2 Å². The highest BCUT2D eigenvalue weighted by molar-refractivity contribution is 5.86. The molecule has 1 saturated heterocycles. The Hall–Kier alpha value is -2.15. The lowest BCUT2D eigenvalue weighted by Crippen LogP contribution is -2.51. The lowest BCUT2D eigenvalue weighted by molar-refractivity contribution is -0.203. The van der Waals surface area contributed by atoms with Gasteiger partial charge in [-0.3, -0.25) is 10.2 Å². The number of rotatable bonds is 2. The van der Waals surface area contributed by atoms with Gasteiger partial charge < -0.3 is 0 Å². The van der Waals surface area contributed by atoms with Gasteiger partial charge in [-0.15, -0.1) is 0 Å². The van der Waals surface area contributed by atoms with Gasteiger partial charge in [-0.25, -0.2) is 4.39 Å². The van der Waals surface area contributed by atoms with Crippen LogP contribution in [0.1, 0.15) is 31.9 Å². The van der Waals surface area contributed by atoms with Crippen molar-refractivity contribution < 1.29 is 22.4 Å². The molecule has 0 saturated carbocycles. The number of nitrogens with one attached hydrogen (secondary N) is 1.